The first-order valence-electron chi connectivity index (χ1n) is 7.04. The summed E-state index contributed by atoms with van der Waals surface area (Å²) in [7, 11) is 0. The maximum atomic E-state index is 5.88. The van der Waals surface area contributed by atoms with Crippen LogP contribution in [0.2, 0.25) is 0 Å². The van der Waals surface area contributed by atoms with Crippen molar-refractivity contribution in [1.82, 2.24) is 15.5 Å². The highest BCUT2D eigenvalue weighted by atomic mass is 16.5. The second-order valence-electron chi connectivity index (χ2n) is 5.37. The number of benzene rings is 1. The molecule has 1 atom stereocenters. The Balaban J connectivity index is 1.71. The molecule has 0 aliphatic carbocycles. The standard InChI is InChI=1S/C15H19N3O2/c1-10(2)15-17-14(18-20-15)11-3-5-12(6-4-11)19-13-7-8-16-9-13/h3-6,10,13,16H,7-9H2,1-2H3/t13-/m0/s1. The van der Waals surface area contributed by atoms with Crippen molar-refractivity contribution in [3.05, 3.63) is 30.2 Å². The van der Waals surface area contributed by atoms with Crippen molar-refractivity contribution in [2.24, 2.45) is 0 Å². The summed E-state index contributed by atoms with van der Waals surface area (Å²) in [5.41, 5.74) is 0.942. The SMILES string of the molecule is CC(C)c1nc(-c2ccc(O[C@H]3CCNC3)cc2)no1. The van der Waals surface area contributed by atoms with E-state index in [-0.39, 0.29) is 12.0 Å². The van der Waals surface area contributed by atoms with Crippen LogP contribution >= 0.6 is 0 Å². The van der Waals surface area contributed by atoms with Crippen molar-refractivity contribution >= 4 is 0 Å². The van der Waals surface area contributed by atoms with Crippen molar-refractivity contribution in [3.63, 3.8) is 0 Å². The first-order valence-corrected chi connectivity index (χ1v) is 7.04. The molecule has 0 spiro atoms. The van der Waals surface area contributed by atoms with Gasteiger partial charge in [0.25, 0.3) is 0 Å². The van der Waals surface area contributed by atoms with Crippen molar-refractivity contribution in [3.8, 4) is 17.1 Å². The van der Waals surface area contributed by atoms with Crippen molar-refractivity contribution in [2.45, 2.75) is 32.3 Å². The smallest absolute Gasteiger partial charge is 0.229 e. The van der Waals surface area contributed by atoms with Crippen LogP contribution in [0.15, 0.2) is 28.8 Å². The van der Waals surface area contributed by atoms with Gasteiger partial charge in [0.1, 0.15) is 11.9 Å². The van der Waals surface area contributed by atoms with Gasteiger partial charge >= 0.3 is 0 Å². The zero-order valence-electron chi connectivity index (χ0n) is 11.8. The van der Waals surface area contributed by atoms with E-state index < -0.39 is 0 Å². The number of hydrogen-bond acceptors (Lipinski definition) is 5. The van der Waals surface area contributed by atoms with E-state index in [9.17, 15) is 0 Å². The van der Waals surface area contributed by atoms with Gasteiger partial charge in [-0.15, -0.1) is 0 Å². The van der Waals surface area contributed by atoms with E-state index >= 15 is 0 Å². The molecule has 20 heavy (non-hydrogen) atoms. The quantitative estimate of drug-likeness (QED) is 0.927. The fourth-order valence-electron chi connectivity index (χ4n) is 2.19. The Morgan fingerprint density at radius 3 is 2.70 bits per heavy atom. The molecule has 1 aromatic heterocycles. The minimum absolute atomic E-state index is 0.244. The van der Waals surface area contributed by atoms with Gasteiger partial charge in [0.05, 0.1) is 0 Å². The molecule has 1 saturated heterocycles. The largest absolute Gasteiger partial charge is 0.489 e. The third-order valence-electron chi connectivity index (χ3n) is 3.37. The van der Waals surface area contributed by atoms with Gasteiger partial charge in [-0.25, -0.2) is 0 Å². The highest BCUT2D eigenvalue weighted by Gasteiger charge is 2.16. The Morgan fingerprint density at radius 2 is 2.10 bits per heavy atom. The number of nitrogens with zero attached hydrogens (tertiary/aromatic N) is 2. The summed E-state index contributed by atoms with van der Waals surface area (Å²) < 4.78 is 11.1. The molecule has 1 N–H and O–H groups in total. The molecule has 106 valence electrons. The van der Waals surface area contributed by atoms with Gasteiger partial charge in [0.2, 0.25) is 11.7 Å². The van der Waals surface area contributed by atoms with Gasteiger partial charge in [-0.2, -0.15) is 4.98 Å². The van der Waals surface area contributed by atoms with E-state index in [0.717, 1.165) is 30.8 Å². The summed E-state index contributed by atoms with van der Waals surface area (Å²) in [5, 5.41) is 7.29. The Labute approximate surface area is 118 Å². The molecule has 3 rings (SSSR count). The molecule has 0 saturated carbocycles. The lowest BCUT2D eigenvalue weighted by atomic mass is 10.2. The Bertz CT molecular complexity index is 557. The number of ether oxygens (including phenoxy) is 1. The Kier molecular flexibility index (Phi) is 3.69. The summed E-state index contributed by atoms with van der Waals surface area (Å²) in [6.45, 7) is 6.02. The van der Waals surface area contributed by atoms with Crippen molar-refractivity contribution < 1.29 is 9.26 Å². The van der Waals surface area contributed by atoms with Crippen LogP contribution in [0.4, 0.5) is 0 Å². The molecule has 1 fully saturated rings. The second kappa shape index (κ2) is 5.63. The highest BCUT2D eigenvalue weighted by molar-refractivity contribution is 5.55. The van der Waals surface area contributed by atoms with Crippen LogP contribution in [0.5, 0.6) is 5.75 Å². The normalized spacial score (nSPS) is 18.6. The van der Waals surface area contributed by atoms with Crippen LogP contribution in [0.1, 0.15) is 32.1 Å². The average molecular weight is 273 g/mol. The molecule has 0 unspecified atom stereocenters. The lowest BCUT2D eigenvalue weighted by Crippen LogP contribution is -2.19. The molecule has 5 heteroatoms. The fraction of sp³-hybridized carbons (Fsp3) is 0.467. The minimum atomic E-state index is 0.244. The maximum Gasteiger partial charge on any atom is 0.229 e. The second-order valence-corrected chi connectivity index (χ2v) is 5.37. The first-order chi connectivity index (χ1) is 9.72. The Hall–Kier alpha value is -1.88. The zero-order chi connectivity index (χ0) is 13.9. The summed E-state index contributed by atoms with van der Waals surface area (Å²) >= 11 is 0. The van der Waals surface area contributed by atoms with Crippen LogP contribution in [0.3, 0.4) is 0 Å². The lowest BCUT2D eigenvalue weighted by molar-refractivity contribution is 0.223. The van der Waals surface area contributed by atoms with E-state index in [1.165, 1.54) is 0 Å². The molecule has 0 amide bonds. The van der Waals surface area contributed by atoms with Crippen LogP contribution < -0.4 is 10.1 Å². The molecule has 2 aromatic rings. The van der Waals surface area contributed by atoms with E-state index in [2.05, 4.69) is 15.5 Å². The third kappa shape index (κ3) is 2.82. The number of rotatable bonds is 4. The van der Waals surface area contributed by atoms with E-state index in [1.54, 1.807) is 0 Å². The molecular weight excluding hydrogens is 254 g/mol. The Morgan fingerprint density at radius 1 is 1.30 bits per heavy atom. The van der Waals surface area contributed by atoms with Gasteiger partial charge in [0, 0.05) is 18.0 Å². The highest BCUT2D eigenvalue weighted by Crippen LogP contribution is 2.23. The van der Waals surface area contributed by atoms with Crippen LogP contribution in [-0.2, 0) is 0 Å². The summed E-state index contributed by atoms with van der Waals surface area (Å²) in [6.07, 6.45) is 1.34. The van der Waals surface area contributed by atoms with Gasteiger partial charge in [0.15, 0.2) is 0 Å². The molecule has 0 radical (unpaired) electrons. The van der Waals surface area contributed by atoms with Gasteiger partial charge < -0.3 is 14.6 Å². The van der Waals surface area contributed by atoms with Crippen LogP contribution in [0, 0.1) is 0 Å². The minimum Gasteiger partial charge on any atom is -0.489 e. The molecule has 1 aliphatic heterocycles. The third-order valence-corrected chi connectivity index (χ3v) is 3.37. The van der Waals surface area contributed by atoms with Gasteiger partial charge in [-0.3, -0.25) is 0 Å². The summed E-state index contributed by atoms with van der Waals surface area (Å²) in [6, 6.07) is 7.84. The number of aromatic nitrogens is 2. The van der Waals surface area contributed by atoms with Crippen LogP contribution in [-0.4, -0.2) is 29.3 Å². The number of hydrogen-bond donors (Lipinski definition) is 1. The average Bonchev–Trinajstić information content (AvgIpc) is 3.10. The monoisotopic (exact) mass is 273 g/mol. The summed E-state index contributed by atoms with van der Waals surface area (Å²) in [5.74, 6) is 2.42. The lowest BCUT2D eigenvalue weighted by Gasteiger charge is -2.12. The van der Waals surface area contributed by atoms with Gasteiger partial charge in [-0.05, 0) is 37.2 Å². The van der Waals surface area contributed by atoms with E-state index in [1.807, 2.05) is 38.1 Å². The van der Waals surface area contributed by atoms with Crippen molar-refractivity contribution in [2.75, 3.05) is 13.1 Å². The predicted octanol–water partition coefficient (Wildman–Crippen LogP) is 2.60. The maximum absolute atomic E-state index is 5.88. The first kappa shape index (κ1) is 13.1. The molecule has 2 heterocycles. The van der Waals surface area contributed by atoms with Crippen LogP contribution in [0.25, 0.3) is 11.4 Å². The van der Waals surface area contributed by atoms with Gasteiger partial charge in [-0.1, -0.05) is 19.0 Å². The molecule has 0 bridgehead atoms. The topological polar surface area (TPSA) is 60.2 Å². The molecule has 1 aromatic carbocycles. The predicted molar refractivity (Wildman–Crippen MR) is 75.7 cm³/mol. The number of nitrogens with one attached hydrogen (secondary N) is 1. The van der Waals surface area contributed by atoms with E-state index in [0.29, 0.717) is 11.7 Å². The molecule has 1 aliphatic rings. The zero-order valence-corrected chi connectivity index (χ0v) is 11.8. The van der Waals surface area contributed by atoms with Crippen molar-refractivity contribution in [1.29, 1.82) is 0 Å². The molecule has 5 nitrogen and oxygen atoms in total. The van der Waals surface area contributed by atoms with E-state index in [4.69, 9.17) is 9.26 Å². The fourth-order valence-corrected chi connectivity index (χ4v) is 2.19. The molecular formula is C15H19N3O2. The summed E-state index contributed by atoms with van der Waals surface area (Å²) in [4.78, 5) is 4.38.